The summed E-state index contributed by atoms with van der Waals surface area (Å²) < 4.78 is 25.0. The number of sulfone groups is 1. The molecule has 0 bridgehead atoms. The van der Waals surface area contributed by atoms with Crippen molar-refractivity contribution >= 4 is 26.8 Å². The number of benzene rings is 1. The van der Waals surface area contributed by atoms with E-state index in [2.05, 4.69) is 10.3 Å². The fraction of sp³-hybridized carbons (Fsp3) is 0.500. The molecule has 1 aromatic carbocycles. The fourth-order valence-electron chi connectivity index (χ4n) is 2.56. The molecule has 7 heteroatoms. The van der Waals surface area contributed by atoms with Crippen molar-refractivity contribution in [2.24, 2.45) is 0 Å². The van der Waals surface area contributed by atoms with Gasteiger partial charge in [0.1, 0.15) is 18.1 Å². The molecule has 1 N–H and O–H groups in total. The molecule has 23 heavy (non-hydrogen) atoms. The van der Waals surface area contributed by atoms with Crippen molar-refractivity contribution in [2.45, 2.75) is 45.0 Å². The Morgan fingerprint density at radius 1 is 1.26 bits per heavy atom. The van der Waals surface area contributed by atoms with Crippen molar-refractivity contribution in [3.63, 3.8) is 0 Å². The van der Waals surface area contributed by atoms with Crippen LogP contribution >= 0.6 is 0 Å². The number of hydrogen-bond acceptors (Lipinski definition) is 4. The van der Waals surface area contributed by atoms with E-state index in [1.54, 1.807) is 4.57 Å². The summed E-state index contributed by atoms with van der Waals surface area (Å²) in [4.78, 5) is 16.7. The summed E-state index contributed by atoms with van der Waals surface area (Å²) in [5.74, 6) is 0.0879. The Bertz CT molecular complexity index is 792. The van der Waals surface area contributed by atoms with Crippen molar-refractivity contribution in [2.75, 3.05) is 6.26 Å². The van der Waals surface area contributed by atoms with Crippen molar-refractivity contribution in [3.05, 3.63) is 30.1 Å². The second-order valence-corrected chi connectivity index (χ2v) is 7.89. The normalized spacial score (nSPS) is 12.0. The minimum Gasteiger partial charge on any atom is -0.352 e. The van der Waals surface area contributed by atoms with Gasteiger partial charge >= 0.3 is 0 Å². The largest absolute Gasteiger partial charge is 0.352 e. The Hall–Kier alpha value is -1.89. The van der Waals surface area contributed by atoms with E-state index >= 15 is 0 Å². The highest BCUT2D eigenvalue weighted by atomic mass is 32.2. The van der Waals surface area contributed by atoms with E-state index in [0.717, 1.165) is 18.4 Å². The highest BCUT2D eigenvalue weighted by molar-refractivity contribution is 7.89. The molecule has 6 nitrogen and oxygen atoms in total. The minimum atomic E-state index is -3.23. The zero-order valence-electron chi connectivity index (χ0n) is 13.7. The van der Waals surface area contributed by atoms with Crippen molar-refractivity contribution in [1.82, 2.24) is 14.9 Å². The Labute approximate surface area is 136 Å². The third-order valence-electron chi connectivity index (χ3n) is 3.78. The van der Waals surface area contributed by atoms with Gasteiger partial charge in [-0.2, -0.15) is 0 Å². The molecule has 2 rings (SSSR count). The maximum atomic E-state index is 12.3. The monoisotopic (exact) mass is 337 g/mol. The molecule has 0 fully saturated rings. The minimum absolute atomic E-state index is 0.0713. The number of imidazole rings is 1. The molecule has 126 valence electrons. The number of hydrogen-bond donors (Lipinski definition) is 1. The summed E-state index contributed by atoms with van der Waals surface area (Å²) in [5.41, 5.74) is 1.47. The molecule has 0 aliphatic rings. The lowest BCUT2D eigenvalue weighted by Gasteiger charge is -2.16. The van der Waals surface area contributed by atoms with Gasteiger partial charge in [0.2, 0.25) is 5.91 Å². The number of para-hydroxylation sites is 2. The van der Waals surface area contributed by atoms with E-state index in [9.17, 15) is 13.2 Å². The summed E-state index contributed by atoms with van der Waals surface area (Å²) in [6.45, 7) is 4.12. The second kappa shape index (κ2) is 7.12. The summed E-state index contributed by atoms with van der Waals surface area (Å²) in [5, 5.41) is 2.97. The molecule has 0 saturated heterocycles. The molecule has 1 amide bonds. The van der Waals surface area contributed by atoms with E-state index in [1.165, 1.54) is 6.26 Å². The standard InChI is InChI=1S/C16H23N3O3S/c1-4-12(5-2)17-16(20)10-19-14-9-7-6-8-13(14)18-15(19)11-23(3,21)22/h6-9,12H,4-5,10-11H2,1-3H3,(H,17,20). The second-order valence-electron chi connectivity index (χ2n) is 5.75. The molecule has 0 radical (unpaired) electrons. The molecule has 1 aromatic heterocycles. The molecule has 0 unspecified atom stereocenters. The third kappa shape index (κ3) is 4.54. The van der Waals surface area contributed by atoms with Crippen LogP contribution < -0.4 is 5.32 Å². The predicted octanol–water partition coefficient (Wildman–Crippen LogP) is 1.89. The number of carbonyl (C=O) groups excluding carboxylic acids is 1. The predicted molar refractivity (Wildman–Crippen MR) is 90.8 cm³/mol. The average Bonchev–Trinajstić information content (AvgIpc) is 2.80. The first kappa shape index (κ1) is 17.5. The SMILES string of the molecule is CCC(CC)NC(=O)Cn1c(CS(C)(=O)=O)nc2ccccc21. The van der Waals surface area contributed by atoms with Gasteiger partial charge in [-0.1, -0.05) is 26.0 Å². The number of carbonyl (C=O) groups is 1. The average molecular weight is 337 g/mol. The van der Waals surface area contributed by atoms with Crippen LogP contribution in [0.1, 0.15) is 32.5 Å². The van der Waals surface area contributed by atoms with Crippen LogP contribution in [0.15, 0.2) is 24.3 Å². The fourth-order valence-corrected chi connectivity index (χ4v) is 3.25. The van der Waals surface area contributed by atoms with Crippen LogP contribution in [0.2, 0.25) is 0 Å². The van der Waals surface area contributed by atoms with Gasteiger partial charge in [-0.15, -0.1) is 0 Å². The van der Waals surface area contributed by atoms with Gasteiger partial charge in [-0.25, -0.2) is 13.4 Å². The molecule has 0 spiro atoms. The van der Waals surface area contributed by atoms with Crippen LogP contribution in [0.4, 0.5) is 0 Å². The summed E-state index contributed by atoms with van der Waals surface area (Å²) >= 11 is 0. The smallest absolute Gasteiger partial charge is 0.240 e. The van der Waals surface area contributed by atoms with Gasteiger partial charge in [0.25, 0.3) is 0 Å². The lowest BCUT2D eigenvalue weighted by atomic mass is 10.2. The highest BCUT2D eigenvalue weighted by Gasteiger charge is 2.18. The van der Waals surface area contributed by atoms with Crippen LogP contribution in [-0.4, -0.2) is 36.2 Å². The van der Waals surface area contributed by atoms with Gasteiger partial charge < -0.3 is 9.88 Å². The van der Waals surface area contributed by atoms with E-state index in [0.29, 0.717) is 11.3 Å². The lowest BCUT2D eigenvalue weighted by molar-refractivity contribution is -0.122. The first-order chi connectivity index (χ1) is 10.8. The van der Waals surface area contributed by atoms with Crippen LogP contribution in [0, 0.1) is 0 Å². The first-order valence-electron chi connectivity index (χ1n) is 7.75. The molecule has 2 aromatic rings. The third-order valence-corrected chi connectivity index (χ3v) is 4.56. The highest BCUT2D eigenvalue weighted by Crippen LogP contribution is 2.17. The van der Waals surface area contributed by atoms with Crippen LogP contribution in [0.5, 0.6) is 0 Å². The number of aromatic nitrogens is 2. The Balaban J connectivity index is 2.33. The van der Waals surface area contributed by atoms with Crippen LogP contribution in [0.25, 0.3) is 11.0 Å². The Kier molecular flexibility index (Phi) is 5.41. The van der Waals surface area contributed by atoms with Crippen molar-refractivity contribution in [3.8, 4) is 0 Å². The van der Waals surface area contributed by atoms with Gasteiger partial charge in [-0.3, -0.25) is 4.79 Å². The zero-order valence-corrected chi connectivity index (χ0v) is 14.6. The van der Waals surface area contributed by atoms with E-state index in [4.69, 9.17) is 0 Å². The van der Waals surface area contributed by atoms with Crippen LogP contribution in [-0.2, 0) is 26.9 Å². The van der Waals surface area contributed by atoms with E-state index < -0.39 is 9.84 Å². The summed E-state index contributed by atoms with van der Waals surface area (Å²) in [6, 6.07) is 7.49. The molecule has 0 atom stereocenters. The Morgan fingerprint density at radius 2 is 1.91 bits per heavy atom. The van der Waals surface area contributed by atoms with E-state index in [1.807, 2.05) is 38.1 Å². The molecule has 0 aliphatic carbocycles. The molecular weight excluding hydrogens is 314 g/mol. The van der Waals surface area contributed by atoms with E-state index in [-0.39, 0.29) is 24.2 Å². The van der Waals surface area contributed by atoms with Gasteiger partial charge in [0.15, 0.2) is 9.84 Å². The quantitative estimate of drug-likeness (QED) is 0.836. The summed E-state index contributed by atoms with van der Waals surface area (Å²) in [7, 11) is -3.23. The lowest BCUT2D eigenvalue weighted by Crippen LogP contribution is -2.36. The van der Waals surface area contributed by atoms with Crippen LogP contribution in [0.3, 0.4) is 0 Å². The maximum absolute atomic E-state index is 12.3. The number of rotatable bonds is 7. The van der Waals surface area contributed by atoms with Gasteiger partial charge in [0.05, 0.1) is 11.0 Å². The number of nitrogens with zero attached hydrogens (tertiary/aromatic N) is 2. The molecule has 1 heterocycles. The van der Waals surface area contributed by atoms with Gasteiger partial charge in [0, 0.05) is 12.3 Å². The number of amides is 1. The number of fused-ring (bicyclic) bond motifs is 1. The molecular formula is C16H23N3O3S. The van der Waals surface area contributed by atoms with Gasteiger partial charge in [-0.05, 0) is 25.0 Å². The topological polar surface area (TPSA) is 81.1 Å². The Morgan fingerprint density at radius 3 is 2.52 bits per heavy atom. The maximum Gasteiger partial charge on any atom is 0.240 e. The number of nitrogens with one attached hydrogen (secondary N) is 1. The zero-order chi connectivity index (χ0) is 17.0. The molecule has 0 saturated carbocycles. The van der Waals surface area contributed by atoms with Crippen molar-refractivity contribution < 1.29 is 13.2 Å². The summed E-state index contributed by atoms with van der Waals surface area (Å²) in [6.07, 6.45) is 2.90. The van der Waals surface area contributed by atoms with Crippen molar-refractivity contribution in [1.29, 1.82) is 0 Å². The first-order valence-corrected chi connectivity index (χ1v) is 9.81. The molecule has 0 aliphatic heterocycles.